The van der Waals surface area contributed by atoms with Gasteiger partial charge in [0.15, 0.2) is 11.5 Å². The van der Waals surface area contributed by atoms with Gasteiger partial charge in [-0.25, -0.2) is 9.59 Å². The van der Waals surface area contributed by atoms with E-state index in [0.717, 1.165) is 0 Å². The van der Waals surface area contributed by atoms with Crippen LogP contribution in [0.4, 0.5) is 0 Å². The molecule has 1 aliphatic rings. The van der Waals surface area contributed by atoms with E-state index in [1.165, 1.54) is 19.3 Å². The molecular weight excluding hydrogens is 336 g/mol. The van der Waals surface area contributed by atoms with Gasteiger partial charge >= 0.3 is 11.9 Å². The first-order valence-electron chi connectivity index (χ1n) is 7.50. The number of methoxy groups -OCH3 is 1. The highest BCUT2D eigenvalue weighted by atomic mass is 35.5. The van der Waals surface area contributed by atoms with Crippen LogP contribution in [0.15, 0.2) is 18.2 Å². The van der Waals surface area contributed by atoms with Crippen LogP contribution < -0.4 is 9.47 Å². The van der Waals surface area contributed by atoms with E-state index in [0.29, 0.717) is 28.5 Å². The third-order valence-corrected chi connectivity index (χ3v) is 3.44. The Labute approximate surface area is 145 Å². The molecule has 0 N–H and O–H groups in total. The van der Waals surface area contributed by atoms with Gasteiger partial charge in [0, 0.05) is 12.5 Å². The summed E-state index contributed by atoms with van der Waals surface area (Å²) >= 11 is 6.21. The molecule has 0 aliphatic carbocycles. The largest absolute Gasteiger partial charge is 0.493 e. The van der Waals surface area contributed by atoms with Crippen molar-refractivity contribution >= 4 is 29.6 Å². The number of hydrogen-bond acceptors (Lipinski definition) is 6. The highest BCUT2D eigenvalue weighted by Gasteiger charge is 2.29. The lowest BCUT2D eigenvalue weighted by Gasteiger charge is -2.15. The van der Waals surface area contributed by atoms with Crippen LogP contribution in [0.5, 0.6) is 11.5 Å². The van der Waals surface area contributed by atoms with Gasteiger partial charge in [0.2, 0.25) is 6.10 Å². The quantitative estimate of drug-likeness (QED) is 0.577. The molecule has 7 heteroatoms. The Balaban J connectivity index is 2.09. The van der Waals surface area contributed by atoms with Gasteiger partial charge in [0.05, 0.1) is 24.8 Å². The SMILES string of the molecule is COc1cc(/C=C/C(=O)O[C@@H]2CCOC2=O)cc(Cl)c1OC(C)C. The molecule has 2 rings (SSSR count). The van der Waals surface area contributed by atoms with E-state index in [4.69, 9.17) is 30.5 Å². The number of hydrogen-bond donors (Lipinski definition) is 0. The molecule has 0 aromatic heterocycles. The highest BCUT2D eigenvalue weighted by Crippen LogP contribution is 2.37. The molecule has 1 fully saturated rings. The number of halogens is 1. The Hall–Kier alpha value is -2.21. The van der Waals surface area contributed by atoms with Gasteiger partial charge in [-0.05, 0) is 37.6 Å². The van der Waals surface area contributed by atoms with Crippen LogP contribution >= 0.6 is 11.6 Å². The third-order valence-electron chi connectivity index (χ3n) is 3.16. The molecule has 1 aliphatic heterocycles. The van der Waals surface area contributed by atoms with E-state index in [1.807, 2.05) is 13.8 Å². The van der Waals surface area contributed by atoms with Crippen molar-refractivity contribution in [2.45, 2.75) is 32.5 Å². The zero-order valence-electron chi connectivity index (χ0n) is 13.7. The van der Waals surface area contributed by atoms with E-state index in [9.17, 15) is 9.59 Å². The number of benzene rings is 1. The number of rotatable bonds is 6. The number of cyclic esters (lactones) is 1. The summed E-state index contributed by atoms with van der Waals surface area (Å²) < 4.78 is 20.7. The Bertz CT molecular complexity index is 653. The van der Waals surface area contributed by atoms with Crippen LogP contribution in [-0.4, -0.2) is 37.9 Å². The molecule has 0 amide bonds. The van der Waals surface area contributed by atoms with Gasteiger partial charge in [-0.15, -0.1) is 0 Å². The summed E-state index contributed by atoms with van der Waals surface area (Å²) in [6.07, 6.45) is 2.23. The van der Waals surface area contributed by atoms with Crippen LogP contribution in [0, 0.1) is 0 Å². The number of esters is 2. The molecule has 1 aromatic rings. The van der Waals surface area contributed by atoms with E-state index >= 15 is 0 Å². The average molecular weight is 355 g/mol. The van der Waals surface area contributed by atoms with Gasteiger partial charge in [-0.1, -0.05) is 11.6 Å². The smallest absolute Gasteiger partial charge is 0.347 e. The van der Waals surface area contributed by atoms with E-state index in [1.54, 1.807) is 12.1 Å². The average Bonchev–Trinajstić information content (AvgIpc) is 2.92. The van der Waals surface area contributed by atoms with Crippen LogP contribution in [0.25, 0.3) is 6.08 Å². The Morgan fingerprint density at radius 2 is 2.17 bits per heavy atom. The maximum atomic E-state index is 11.8. The molecule has 130 valence electrons. The van der Waals surface area contributed by atoms with E-state index in [2.05, 4.69) is 0 Å². The molecular formula is C17H19ClO6. The first kappa shape index (κ1) is 18.1. The molecule has 0 radical (unpaired) electrons. The topological polar surface area (TPSA) is 71.1 Å². The predicted octanol–water partition coefficient (Wildman–Crippen LogP) is 3.01. The molecule has 0 saturated carbocycles. The fraction of sp³-hybridized carbons (Fsp3) is 0.412. The van der Waals surface area contributed by atoms with Crippen LogP contribution in [0.2, 0.25) is 5.02 Å². The number of ether oxygens (including phenoxy) is 4. The van der Waals surface area contributed by atoms with Crippen molar-refractivity contribution in [2.75, 3.05) is 13.7 Å². The summed E-state index contributed by atoms with van der Waals surface area (Å²) in [4.78, 5) is 23.0. The van der Waals surface area contributed by atoms with Crippen LogP contribution in [-0.2, 0) is 19.1 Å². The molecule has 24 heavy (non-hydrogen) atoms. The number of carbonyl (C=O) groups excluding carboxylic acids is 2. The fourth-order valence-corrected chi connectivity index (χ4v) is 2.38. The summed E-state index contributed by atoms with van der Waals surface area (Å²) in [5.41, 5.74) is 0.638. The van der Waals surface area contributed by atoms with Crippen molar-refractivity contribution < 1.29 is 28.5 Å². The van der Waals surface area contributed by atoms with E-state index < -0.39 is 18.0 Å². The normalized spacial score (nSPS) is 17.2. The summed E-state index contributed by atoms with van der Waals surface area (Å²) in [5.74, 6) is -0.237. The van der Waals surface area contributed by atoms with Gasteiger partial charge in [-0.2, -0.15) is 0 Å². The second-order valence-corrected chi connectivity index (χ2v) is 5.82. The standard InChI is InChI=1S/C17H19ClO6/c1-10(2)23-16-12(18)8-11(9-14(16)21-3)4-5-15(19)24-13-6-7-22-17(13)20/h4-5,8-10,13H,6-7H2,1-3H3/b5-4+/t13-/m1/s1. The summed E-state index contributed by atoms with van der Waals surface area (Å²) in [5, 5.41) is 0.371. The van der Waals surface area contributed by atoms with Crippen molar-refractivity contribution in [2.24, 2.45) is 0 Å². The van der Waals surface area contributed by atoms with Crippen LogP contribution in [0.1, 0.15) is 25.8 Å². The van der Waals surface area contributed by atoms with Crippen LogP contribution in [0.3, 0.4) is 0 Å². The van der Waals surface area contributed by atoms with Crippen molar-refractivity contribution in [3.8, 4) is 11.5 Å². The molecule has 6 nitrogen and oxygen atoms in total. The van der Waals surface area contributed by atoms with Crippen molar-refractivity contribution in [3.05, 3.63) is 28.8 Å². The minimum Gasteiger partial charge on any atom is -0.493 e. The molecule has 0 unspecified atom stereocenters. The first-order valence-corrected chi connectivity index (χ1v) is 7.88. The third kappa shape index (κ3) is 4.64. The summed E-state index contributed by atoms with van der Waals surface area (Å²) in [6.45, 7) is 4.03. The lowest BCUT2D eigenvalue weighted by molar-refractivity contribution is -0.156. The van der Waals surface area contributed by atoms with Gasteiger partial charge < -0.3 is 18.9 Å². The van der Waals surface area contributed by atoms with Crippen molar-refractivity contribution in [1.29, 1.82) is 0 Å². The maximum Gasteiger partial charge on any atom is 0.347 e. The minimum absolute atomic E-state index is 0.0565. The molecule has 1 atom stereocenters. The van der Waals surface area contributed by atoms with E-state index in [-0.39, 0.29) is 12.7 Å². The molecule has 0 spiro atoms. The maximum absolute atomic E-state index is 11.8. The lowest BCUT2D eigenvalue weighted by atomic mass is 10.2. The highest BCUT2D eigenvalue weighted by molar-refractivity contribution is 6.32. The zero-order chi connectivity index (χ0) is 17.7. The Morgan fingerprint density at radius 3 is 2.75 bits per heavy atom. The summed E-state index contributed by atoms with van der Waals surface area (Å²) in [7, 11) is 1.51. The molecule has 1 saturated heterocycles. The Kier molecular flexibility index (Phi) is 6.09. The van der Waals surface area contributed by atoms with Gasteiger partial charge in [0.1, 0.15) is 0 Å². The fourth-order valence-electron chi connectivity index (χ4n) is 2.11. The lowest BCUT2D eigenvalue weighted by Crippen LogP contribution is -2.21. The summed E-state index contributed by atoms with van der Waals surface area (Å²) in [6, 6.07) is 3.34. The van der Waals surface area contributed by atoms with Gasteiger partial charge in [-0.3, -0.25) is 0 Å². The zero-order valence-corrected chi connectivity index (χ0v) is 14.5. The molecule has 1 aromatic carbocycles. The Morgan fingerprint density at radius 1 is 1.42 bits per heavy atom. The van der Waals surface area contributed by atoms with Gasteiger partial charge in [0.25, 0.3) is 0 Å². The second kappa shape index (κ2) is 8.06. The molecule has 0 bridgehead atoms. The van der Waals surface area contributed by atoms with Crippen molar-refractivity contribution in [3.63, 3.8) is 0 Å². The molecule has 1 heterocycles. The number of carbonyl (C=O) groups is 2. The first-order chi connectivity index (χ1) is 11.4. The predicted molar refractivity (Wildman–Crippen MR) is 88.3 cm³/mol. The van der Waals surface area contributed by atoms with Crippen molar-refractivity contribution in [1.82, 2.24) is 0 Å². The monoisotopic (exact) mass is 354 g/mol. The minimum atomic E-state index is -0.831. The second-order valence-electron chi connectivity index (χ2n) is 5.42.